The van der Waals surface area contributed by atoms with Gasteiger partial charge in [-0.3, -0.25) is 13.6 Å². The topological polar surface area (TPSA) is 71.1 Å². The second-order valence-electron chi connectivity index (χ2n) is 3.03. The number of hydrogen-bond acceptors (Lipinski definition) is 6. The molecule has 0 amide bonds. The average molecular weight is 266 g/mol. The molecular weight excluding hydrogens is 247 g/mol. The van der Waals surface area contributed by atoms with E-state index in [2.05, 4.69) is 6.58 Å². The molecule has 1 atom stereocenters. The van der Waals surface area contributed by atoms with E-state index >= 15 is 0 Å². The Morgan fingerprint density at radius 2 is 1.82 bits per heavy atom. The van der Waals surface area contributed by atoms with E-state index in [9.17, 15) is 9.36 Å². The zero-order valence-electron chi connectivity index (χ0n) is 10.4. The molecule has 100 valence electrons. The molecule has 6 nitrogen and oxygen atoms in total. The van der Waals surface area contributed by atoms with Crippen LogP contribution < -0.4 is 0 Å². The predicted octanol–water partition coefficient (Wildman–Crippen LogP) is 2.30. The molecule has 0 fully saturated rings. The summed E-state index contributed by atoms with van der Waals surface area (Å²) in [6, 6.07) is 0. The first-order valence-corrected chi connectivity index (χ1v) is 6.80. The van der Waals surface area contributed by atoms with Crippen LogP contribution in [0.2, 0.25) is 0 Å². The molecule has 0 aromatic rings. The van der Waals surface area contributed by atoms with Gasteiger partial charge in [-0.1, -0.05) is 6.58 Å². The van der Waals surface area contributed by atoms with Gasteiger partial charge >= 0.3 is 13.8 Å². The van der Waals surface area contributed by atoms with Gasteiger partial charge in [-0.05, 0) is 20.8 Å². The van der Waals surface area contributed by atoms with E-state index < -0.39 is 19.9 Å². The molecule has 0 rings (SSSR count). The molecule has 0 aromatic carbocycles. The lowest BCUT2D eigenvalue weighted by Gasteiger charge is -2.18. The maximum Gasteiger partial charge on any atom is 0.474 e. The van der Waals surface area contributed by atoms with Crippen LogP contribution in [0.15, 0.2) is 12.7 Å². The van der Waals surface area contributed by atoms with Gasteiger partial charge in [-0.2, -0.15) is 0 Å². The standard InChI is InChI=1S/C10H19O6P/c1-5-10(11)16-9(4)8-15-17(12,13-6-2)14-7-3/h5,9H,1,6-8H2,2-4H3. The fraction of sp³-hybridized carbons (Fsp3) is 0.700. The molecule has 0 saturated heterocycles. The van der Waals surface area contributed by atoms with Gasteiger partial charge < -0.3 is 4.74 Å². The van der Waals surface area contributed by atoms with E-state index in [1.54, 1.807) is 20.8 Å². The van der Waals surface area contributed by atoms with Crippen LogP contribution in [-0.2, 0) is 27.7 Å². The third-order valence-electron chi connectivity index (χ3n) is 1.53. The molecule has 0 aliphatic heterocycles. The van der Waals surface area contributed by atoms with Gasteiger partial charge in [0.05, 0.1) is 19.8 Å². The first-order valence-electron chi connectivity index (χ1n) is 5.34. The van der Waals surface area contributed by atoms with Crippen molar-refractivity contribution in [2.24, 2.45) is 0 Å². The Hall–Kier alpha value is -0.680. The quantitative estimate of drug-likeness (QED) is 0.362. The molecule has 1 unspecified atom stereocenters. The second-order valence-corrected chi connectivity index (χ2v) is 4.70. The van der Waals surface area contributed by atoms with Gasteiger partial charge in [0.2, 0.25) is 0 Å². The first kappa shape index (κ1) is 16.3. The smallest absolute Gasteiger partial charge is 0.457 e. The zero-order chi connectivity index (χ0) is 13.3. The SMILES string of the molecule is C=CC(=O)OC(C)COP(=O)(OCC)OCC. The number of rotatable bonds is 9. The molecule has 0 aromatic heterocycles. The highest BCUT2D eigenvalue weighted by Gasteiger charge is 2.26. The van der Waals surface area contributed by atoms with Crippen molar-refractivity contribution in [3.63, 3.8) is 0 Å². The third kappa shape index (κ3) is 7.28. The minimum Gasteiger partial charge on any atom is -0.457 e. The summed E-state index contributed by atoms with van der Waals surface area (Å²) in [6.45, 7) is 8.56. The van der Waals surface area contributed by atoms with Gasteiger partial charge in [-0.25, -0.2) is 9.36 Å². The van der Waals surface area contributed by atoms with Crippen molar-refractivity contribution < 1.29 is 27.7 Å². The summed E-state index contributed by atoms with van der Waals surface area (Å²) in [6.07, 6.45) is 0.482. The maximum absolute atomic E-state index is 11.8. The van der Waals surface area contributed by atoms with Crippen molar-refractivity contribution in [3.05, 3.63) is 12.7 Å². The lowest BCUT2D eigenvalue weighted by Crippen LogP contribution is -2.19. The van der Waals surface area contributed by atoms with Crippen molar-refractivity contribution >= 4 is 13.8 Å². The number of carbonyl (C=O) groups excluding carboxylic acids is 1. The number of hydrogen-bond donors (Lipinski definition) is 0. The van der Waals surface area contributed by atoms with Crippen molar-refractivity contribution in [3.8, 4) is 0 Å². The van der Waals surface area contributed by atoms with E-state index in [0.29, 0.717) is 0 Å². The molecule has 17 heavy (non-hydrogen) atoms. The predicted molar refractivity (Wildman–Crippen MR) is 62.6 cm³/mol. The van der Waals surface area contributed by atoms with Gasteiger partial charge in [0.15, 0.2) is 0 Å². The summed E-state index contributed by atoms with van der Waals surface area (Å²) >= 11 is 0. The van der Waals surface area contributed by atoms with Crippen LogP contribution in [-0.4, -0.2) is 31.9 Å². The Labute approximate surface area is 101 Å². The molecule has 0 bridgehead atoms. The number of phosphoric ester groups is 1. The third-order valence-corrected chi connectivity index (χ3v) is 3.14. The Bertz CT molecular complexity index is 281. The molecular formula is C10H19O6P. The Morgan fingerprint density at radius 3 is 2.24 bits per heavy atom. The van der Waals surface area contributed by atoms with Crippen molar-refractivity contribution in [2.45, 2.75) is 26.9 Å². The number of esters is 1. The monoisotopic (exact) mass is 266 g/mol. The lowest BCUT2D eigenvalue weighted by molar-refractivity contribution is -0.143. The molecule has 0 radical (unpaired) electrons. The van der Waals surface area contributed by atoms with Crippen LogP contribution in [0.3, 0.4) is 0 Å². The molecule has 7 heteroatoms. The van der Waals surface area contributed by atoms with E-state index in [0.717, 1.165) is 6.08 Å². The normalized spacial score (nSPS) is 13.1. The van der Waals surface area contributed by atoms with Crippen LogP contribution in [0, 0.1) is 0 Å². The second kappa shape index (κ2) is 8.42. The summed E-state index contributed by atoms with van der Waals surface area (Å²) in [5.41, 5.74) is 0. The van der Waals surface area contributed by atoms with Crippen LogP contribution in [0.4, 0.5) is 0 Å². The highest BCUT2D eigenvalue weighted by molar-refractivity contribution is 7.48. The summed E-state index contributed by atoms with van der Waals surface area (Å²) < 4.78 is 31.5. The van der Waals surface area contributed by atoms with E-state index in [4.69, 9.17) is 18.3 Å². The maximum atomic E-state index is 11.8. The minimum atomic E-state index is -3.54. The molecule has 0 aliphatic rings. The highest BCUT2D eigenvalue weighted by atomic mass is 31.2. The Kier molecular flexibility index (Phi) is 8.08. The van der Waals surface area contributed by atoms with E-state index in [1.165, 1.54) is 0 Å². The van der Waals surface area contributed by atoms with Crippen molar-refractivity contribution in [2.75, 3.05) is 19.8 Å². The number of ether oxygens (including phenoxy) is 1. The average Bonchev–Trinajstić information content (AvgIpc) is 2.27. The number of carbonyl (C=O) groups is 1. The molecule has 0 heterocycles. The number of phosphoric acid groups is 1. The van der Waals surface area contributed by atoms with Gasteiger partial charge in [0.1, 0.15) is 6.10 Å². The molecule has 0 N–H and O–H groups in total. The van der Waals surface area contributed by atoms with E-state index in [1.807, 2.05) is 0 Å². The molecule has 0 spiro atoms. The molecule has 0 saturated carbocycles. The van der Waals surface area contributed by atoms with Crippen molar-refractivity contribution in [1.29, 1.82) is 0 Å². The van der Waals surface area contributed by atoms with Gasteiger partial charge in [-0.15, -0.1) is 0 Å². The lowest BCUT2D eigenvalue weighted by atomic mass is 10.4. The largest absolute Gasteiger partial charge is 0.474 e. The van der Waals surface area contributed by atoms with Gasteiger partial charge in [0.25, 0.3) is 0 Å². The minimum absolute atomic E-state index is 0.0726. The highest BCUT2D eigenvalue weighted by Crippen LogP contribution is 2.49. The summed E-state index contributed by atoms with van der Waals surface area (Å²) in [5.74, 6) is -0.566. The first-order chi connectivity index (χ1) is 7.97. The van der Waals surface area contributed by atoms with Crippen molar-refractivity contribution in [1.82, 2.24) is 0 Å². The summed E-state index contributed by atoms with van der Waals surface area (Å²) in [5, 5.41) is 0. The van der Waals surface area contributed by atoms with Crippen LogP contribution in [0.1, 0.15) is 20.8 Å². The Balaban J connectivity index is 4.16. The Morgan fingerprint density at radius 1 is 1.29 bits per heavy atom. The van der Waals surface area contributed by atoms with Gasteiger partial charge in [0, 0.05) is 6.08 Å². The molecule has 0 aliphatic carbocycles. The van der Waals surface area contributed by atoms with Crippen LogP contribution in [0.5, 0.6) is 0 Å². The fourth-order valence-electron chi connectivity index (χ4n) is 0.905. The fourth-order valence-corrected chi connectivity index (χ4v) is 2.15. The zero-order valence-corrected chi connectivity index (χ0v) is 11.3. The van der Waals surface area contributed by atoms with Crippen LogP contribution in [0.25, 0.3) is 0 Å². The van der Waals surface area contributed by atoms with Crippen LogP contribution >= 0.6 is 7.82 Å². The van der Waals surface area contributed by atoms with E-state index in [-0.39, 0.29) is 19.8 Å². The summed E-state index contributed by atoms with van der Waals surface area (Å²) in [7, 11) is -3.54. The summed E-state index contributed by atoms with van der Waals surface area (Å²) in [4.78, 5) is 10.9.